The predicted molar refractivity (Wildman–Crippen MR) is 73.0 cm³/mol. The minimum Gasteiger partial charge on any atom is -0.847 e. The first-order chi connectivity index (χ1) is 9.07. The second-order valence-corrected chi connectivity index (χ2v) is 6.44. The molecule has 3 atom stereocenters. The number of methoxy groups -OCH3 is 1. The fourth-order valence-electron chi connectivity index (χ4n) is 3.60. The molecule has 0 bridgehead atoms. The Balaban J connectivity index is 0.00000200. The zero-order valence-electron chi connectivity index (χ0n) is 13.6. The van der Waals surface area contributed by atoms with Crippen molar-refractivity contribution in [2.24, 2.45) is 11.8 Å². The van der Waals surface area contributed by atoms with Crippen molar-refractivity contribution in [3.63, 3.8) is 0 Å². The molecule has 1 heterocycles. The van der Waals surface area contributed by atoms with Gasteiger partial charge in [0.2, 0.25) is 0 Å². The summed E-state index contributed by atoms with van der Waals surface area (Å²) in [5, 5.41) is 13.1. The van der Waals surface area contributed by atoms with Crippen molar-refractivity contribution in [2.45, 2.75) is 44.8 Å². The van der Waals surface area contributed by atoms with Crippen LogP contribution in [0, 0.1) is 11.8 Å². The molecule has 1 aliphatic heterocycles. The molecule has 0 aromatic heterocycles. The molecule has 0 amide bonds. The molecule has 4 nitrogen and oxygen atoms in total. The van der Waals surface area contributed by atoms with E-state index in [4.69, 9.17) is 9.47 Å². The maximum absolute atomic E-state index is 13.1. The zero-order valence-corrected chi connectivity index (χ0v) is 13.6. The van der Waals surface area contributed by atoms with Gasteiger partial charge in [0, 0.05) is 32.8 Å². The quantitative estimate of drug-likeness (QED) is 0.552. The smallest absolute Gasteiger partial charge is 0.847 e. The Bertz CT molecular complexity index is 284. The summed E-state index contributed by atoms with van der Waals surface area (Å²) in [6.07, 6.45) is 2.81. The minimum atomic E-state index is -0.933. The van der Waals surface area contributed by atoms with E-state index in [2.05, 4.69) is 18.7 Å². The maximum Gasteiger partial charge on any atom is 1.00 e. The molecule has 2 fully saturated rings. The number of nitrogens with zero attached hydrogens (tertiary/aromatic N) is 1. The van der Waals surface area contributed by atoms with Crippen LogP contribution in [0.25, 0.3) is 0 Å². The van der Waals surface area contributed by atoms with Crippen molar-refractivity contribution < 1.29 is 33.4 Å². The van der Waals surface area contributed by atoms with Crippen molar-refractivity contribution in [1.29, 1.82) is 0 Å². The summed E-state index contributed by atoms with van der Waals surface area (Å²) in [4.78, 5) is 2.35. The molecule has 2 rings (SSSR count). The van der Waals surface area contributed by atoms with Gasteiger partial charge in [-0.25, -0.2) is 0 Å². The number of rotatable bonds is 4. The van der Waals surface area contributed by atoms with Crippen LogP contribution in [0.15, 0.2) is 0 Å². The van der Waals surface area contributed by atoms with Gasteiger partial charge in [-0.1, -0.05) is 32.3 Å². The largest absolute Gasteiger partial charge is 1.00 e. The maximum atomic E-state index is 13.1. The fraction of sp³-hybridized carbons (Fsp3) is 1.00. The van der Waals surface area contributed by atoms with Crippen LogP contribution in [0.1, 0.15) is 33.1 Å². The molecule has 1 aliphatic carbocycles. The minimum absolute atomic E-state index is 0. The van der Waals surface area contributed by atoms with Gasteiger partial charge in [0.05, 0.1) is 13.2 Å². The van der Waals surface area contributed by atoms with E-state index < -0.39 is 5.60 Å². The molecule has 2 aliphatic rings. The van der Waals surface area contributed by atoms with E-state index in [0.29, 0.717) is 18.4 Å². The van der Waals surface area contributed by atoms with E-state index in [1.54, 1.807) is 7.11 Å². The van der Waals surface area contributed by atoms with Crippen LogP contribution in [0.2, 0.25) is 0 Å². The molecule has 20 heavy (non-hydrogen) atoms. The van der Waals surface area contributed by atoms with Crippen LogP contribution in [-0.4, -0.2) is 56.6 Å². The first kappa shape index (κ1) is 18.5. The SMILES string of the molecule is COC[C@]1([O-])CC[C@H](C(C)C)C[C@H]1N1CCOCC1.[Li+]. The Morgan fingerprint density at radius 3 is 2.55 bits per heavy atom. The van der Waals surface area contributed by atoms with E-state index in [1.165, 1.54) is 0 Å². The van der Waals surface area contributed by atoms with E-state index >= 15 is 0 Å². The third-order valence-electron chi connectivity index (χ3n) is 4.89. The van der Waals surface area contributed by atoms with Gasteiger partial charge in [-0.15, -0.1) is 0 Å². The van der Waals surface area contributed by atoms with Crippen LogP contribution < -0.4 is 24.0 Å². The normalized spacial score (nSPS) is 35.9. The summed E-state index contributed by atoms with van der Waals surface area (Å²) >= 11 is 0. The molecular formula is C15H28LiNO3. The van der Waals surface area contributed by atoms with Gasteiger partial charge in [-0.3, -0.25) is 4.90 Å². The number of hydrogen-bond acceptors (Lipinski definition) is 4. The second kappa shape index (κ2) is 8.17. The summed E-state index contributed by atoms with van der Waals surface area (Å²) in [7, 11) is 1.64. The predicted octanol–water partition coefficient (Wildman–Crippen LogP) is -2.11. The van der Waals surface area contributed by atoms with Crippen molar-refractivity contribution in [3.05, 3.63) is 0 Å². The number of hydrogen-bond donors (Lipinski definition) is 0. The molecular weight excluding hydrogens is 249 g/mol. The fourth-order valence-corrected chi connectivity index (χ4v) is 3.60. The van der Waals surface area contributed by atoms with Gasteiger partial charge < -0.3 is 14.6 Å². The zero-order chi connectivity index (χ0) is 13.9. The Kier molecular flexibility index (Phi) is 7.55. The van der Waals surface area contributed by atoms with Crippen LogP contribution in [0.3, 0.4) is 0 Å². The molecule has 1 saturated heterocycles. The van der Waals surface area contributed by atoms with E-state index in [0.717, 1.165) is 45.6 Å². The van der Waals surface area contributed by atoms with Gasteiger partial charge in [-0.05, 0) is 18.3 Å². The summed E-state index contributed by atoms with van der Waals surface area (Å²) < 4.78 is 10.6. The summed E-state index contributed by atoms with van der Waals surface area (Å²) in [5.41, 5.74) is -0.933. The monoisotopic (exact) mass is 277 g/mol. The molecule has 0 unspecified atom stereocenters. The molecule has 0 radical (unpaired) electrons. The Labute approximate surface area is 135 Å². The molecule has 0 N–H and O–H groups in total. The van der Waals surface area contributed by atoms with Gasteiger partial charge >= 0.3 is 18.9 Å². The Morgan fingerprint density at radius 1 is 1.35 bits per heavy atom. The third kappa shape index (κ3) is 4.22. The molecule has 0 aromatic carbocycles. The van der Waals surface area contributed by atoms with Gasteiger partial charge in [-0.2, -0.15) is 0 Å². The van der Waals surface area contributed by atoms with Gasteiger partial charge in [0.15, 0.2) is 0 Å². The third-order valence-corrected chi connectivity index (χ3v) is 4.89. The standard InChI is InChI=1S/C15H28NO3.Li/c1-12(2)13-4-5-15(17,11-18-3)14(10-13)16-6-8-19-9-7-16;/h12-14H,4-11H2,1-3H3;/q-1;+1/t13-,14+,15+;/m0./s1. The average Bonchev–Trinajstić information content (AvgIpc) is 2.40. The first-order valence-corrected chi connectivity index (χ1v) is 7.58. The molecule has 1 saturated carbocycles. The van der Waals surface area contributed by atoms with Gasteiger partial charge in [0.1, 0.15) is 0 Å². The summed E-state index contributed by atoms with van der Waals surface area (Å²) in [6.45, 7) is 8.17. The van der Waals surface area contributed by atoms with Crippen LogP contribution in [0.4, 0.5) is 0 Å². The molecule has 5 heteroatoms. The van der Waals surface area contributed by atoms with Crippen LogP contribution in [-0.2, 0) is 9.47 Å². The van der Waals surface area contributed by atoms with Crippen LogP contribution in [0.5, 0.6) is 0 Å². The van der Waals surface area contributed by atoms with Crippen molar-refractivity contribution >= 4 is 0 Å². The Hall–Kier alpha value is 0.437. The van der Waals surface area contributed by atoms with E-state index in [-0.39, 0.29) is 24.9 Å². The average molecular weight is 277 g/mol. The molecule has 0 aromatic rings. The van der Waals surface area contributed by atoms with Crippen molar-refractivity contribution in [2.75, 3.05) is 40.0 Å². The topological polar surface area (TPSA) is 44.8 Å². The van der Waals surface area contributed by atoms with Crippen molar-refractivity contribution in [1.82, 2.24) is 4.90 Å². The summed E-state index contributed by atoms with van der Waals surface area (Å²) in [6, 6.07) is 0.109. The van der Waals surface area contributed by atoms with Crippen molar-refractivity contribution in [3.8, 4) is 0 Å². The van der Waals surface area contributed by atoms with E-state index in [9.17, 15) is 5.11 Å². The van der Waals surface area contributed by atoms with Gasteiger partial charge in [0.25, 0.3) is 0 Å². The Morgan fingerprint density at radius 2 is 2.00 bits per heavy atom. The summed E-state index contributed by atoms with van der Waals surface area (Å²) in [5.74, 6) is 1.34. The molecule has 0 spiro atoms. The number of morpholine rings is 1. The van der Waals surface area contributed by atoms with Crippen LogP contribution >= 0.6 is 0 Å². The molecule has 112 valence electrons. The van der Waals surface area contributed by atoms with E-state index in [1.807, 2.05) is 0 Å². The first-order valence-electron chi connectivity index (χ1n) is 7.58. The second-order valence-electron chi connectivity index (χ2n) is 6.44. The number of ether oxygens (including phenoxy) is 2.